The quantitative estimate of drug-likeness (QED) is 0.812. The van der Waals surface area contributed by atoms with Crippen LogP contribution in [0, 0.1) is 17.2 Å². The minimum atomic E-state index is -3.51. The molecule has 1 aromatic rings. The van der Waals surface area contributed by atoms with Crippen molar-refractivity contribution in [1.82, 2.24) is 9.29 Å². The molecule has 0 aliphatic heterocycles. The molecule has 0 radical (unpaired) electrons. The maximum absolute atomic E-state index is 12.2. The second-order valence-corrected chi connectivity index (χ2v) is 6.33. The number of sulfonamides is 1. The van der Waals surface area contributed by atoms with E-state index in [9.17, 15) is 8.42 Å². The highest BCUT2D eigenvalue weighted by Crippen LogP contribution is 2.15. The van der Waals surface area contributed by atoms with Gasteiger partial charge in [-0.05, 0) is 18.1 Å². The van der Waals surface area contributed by atoms with Gasteiger partial charge in [-0.25, -0.2) is 17.7 Å². The maximum atomic E-state index is 12.2. The van der Waals surface area contributed by atoms with Crippen molar-refractivity contribution < 1.29 is 8.42 Å². The van der Waals surface area contributed by atoms with E-state index in [4.69, 9.17) is 5.26 Å². The maximum Gasteiger partial charge on any atom is 0.244 e. The van der Waals surface area contributed by atoms with Gasteiger partial charge in [-0.2, -0.15) is 5.26 Å². The Hall–Kier alpha value is -1.45. The average Bonchev–Trinajstić information content (AvgIpc) is 2.38. The van der Waals surface area contributed by atoms with E-state index in [1.807, 2.05) is 19.9 Å². The molecule has 0 saturated carbocycles. The zero-order valence-electron chi connectivity index (χ0n) is 10.8. The van der Waals surface area contributed by atoms with Crippen LogP contribution in [0.5, 0.6) is 0 Å². The van der Waals surface area contributed by atoms with Gasteiger partial charge in [0.15, 0.2) is 0 Å². The monoisotopic (exact) mass is 267 g/mol. The van der Waals surface area contributed by atoms with Gasteiger partial charge in [0, 0.05) is 19.8 Å². The fraction of sp³-hybridized carbons (Fsp3) is 0.500. The van der Waals surface area contributed by atoms with Gasteiger partial charge in [-0.1, -0.05) is 20.3 Å². The van der Waals surface area contributed by atoms with E-state index >= 15 is 0 Å². The molecule has 0 aliphatic rings. The fourth-order valence-corrected chi connectivity index (χ4v) is 2.68. The molecule has 0 aromatic carbocycles. The fourth-order valence-electron chi connectivity index (χ4n) is 1.45. The smallest absolute Gasteiger partial charge is 0.244 e. The molecule has 1 heterocycles. The zero-order valence-corrected chi connectivity index (χ0v) is 11.6. The lowest BCUT2D eigenvalue weighted by molar-refractivity contribution is 0.393. The van der Waals surface area contributed by atoms with E-state index in [-0.39, 0.29) is 10.6 Å². The Morgan fingerprint density at radius 2 is 2.17 bits per heavy atom. The summed E-state index contributed by atoms with van der Waals surface area (Å²) in [5, 5.41) is 8.62. The van der Waals surface area contributed by atoms with Crippen molar-refractivity contribution in [2.45, 2.75) is 25.2 Å². The topological polar surface area (TPSA) is 74.1 Å². The third kappa shape index (κ3) is 3.28. The Morgan fingerprint density at radius 3 is 2.61 bits per heavy atom. The largest absolute Gasteiger partial charge is 0.244 e. The van der Waals surface area contributed by atoms with E-state index < -0.39 is 10.0 Å². The van der Waals surface area contributed by atoms with Gasteiger partial charge in [0.2, 0.25) is 10.0 Å². The van der Waals surface area contributed by atoms with E-state index in [0.29, 0.717) is 12.5 Å². The molecule has 6 heteroatoms. The van der Waals surface area contributed by atoms with Crippen molar-refractivity contribution in [3.8, 4) is 6.07 Å². The normalized spacial score (nSPS) is 13.3. The summed E-state index contributed by atoms with van der Waals surface area (Å²) >= 11 is 0. The third-order valence-electron chi connectivity index (χ3n) is 2.82. The lowest BCUT2D eigenvalue weighted by Gasteiger charge is -2.20. The second kappa shape index (κ2) is 5.94. The first kappa shape index (κ1) is 14.6. The van der Waals surface area contributed by atoms with Crippen LogP contribution < -0.4 is 0 Å². The predicted octanol–water partition coefficient (Wildman–Crippen LogP) is 1.62. The predicted molar refractivity (Wildman–Crippen MR) is 68.2 cm³/mol. The van der Waals surface area contributed by atoms with Crippen molar-refractivity contribution in [2.75, 3.05) is 13.6 Å². The molecule has 18 heavy (non-hydrogen) atoms. The molecule has 0 bridgehead atoms. The molecule has 0 fully saturated rings. The summed E-state index contributed by atoms with van der Waals surface area (Å²) in [7, 11) is -1.95. The molecule has 98 valence electrons. The molecule has 1 atom stereocenters. The molecule has 0 saturated heterocycles. The number of pyridine rings is 1. The minimum absolute atomic E-state index is 0.118. The van der Waals surface area contributed by atoms with Crippen LogP contribution in [0.4, 0.5) is 0 Å². The molecule has 1 unspecified atom stereocenters. The van der Waals surface area contributed by atoms with Gasteiger partial charge in [0.25, 0.3) is 0 Å². The van der Waals surface area contributed by atoms with Crippen molar-refractivity contribution in [3.05, 3.63) is 24.0 Å². The highest BCUT2D eigenvalue weighted by atomic mass is 32.2. The average molecular weight is 267 g/mol. The summed E-state index contributed by atoms with van der Waals surface area (Å²) in [6.07, 6.45) is 2.15. The molecular formula is C12H17N3O2S. The lowest BCUT2D eigenvalue weighted by Crippen LogP contribution is -2.31. The summed E-state index contributed by atoms with van der Waals surface area (Å²) in [5.41, 5.74) is 0.207. The molecule has 1 aromatic heterocycles. The zero-order chi connectivity index (χ0) is 13.8. The van der Waals surface area contributed by atoms with Gasteiger partial charge >= 0.3 is 0 Å². The van der Waals surface area contributed by atoms with Crippen LogP contribution in [0.1, 0.15) is 26.0 Å². The van der Waals surface area contributed by atoms with Crippen LogP contribution in [0.25, 0.3) is 0 Å². The Bertz CT molecular complexity index is 531. The van der Waals surface area contributed by atoms with Gasteiger partial charge < -0.3 is 0 Å². The third-order valence-corrected chi connectivity index (χ3v) is 4.63. The number of nitriles is 1. The van der Waals surface area contributed by atoms with E-state index in [2.05, 4.69) is 4.98 Å². The first-order chi connectivity index (χ1) is 8.41. The molecule has 0 spiro atoms. The summed E-state index contributed by atoms with van der Waals surface area (Å²) < 4.78 is 25.7. The highest BCUT2D eigenvalue weighted by Gasteiger charge is 2.22. The van der Waals surface area contributed by atoms with Crippen LogP contribution >= 0.6 is 0 Å². The lowest BCUT2D eigenvalue weighted by atomic mass is 10.1. The first-order valence-electron chi connectivity index (χ1n) is 5.74. The van der Waals surface area contributed by atoms with Gasteiger partial charge in [0.05, 0.1) is 0 Å². The standard InChI is InChI=1S/C12H17N3O2S/c1-4-10(2)9-15(3)18(16,17)12-6-5-11(7-13)14-8-12/h5-6,8,10H,4,9H2,1-3H3. The Balaban J connectivity index is 2.95. The number of aromatic nitrogens is 1. The summed E-state index contributed by atoms with van der Waals surface area (Å²) in [5.74, 6) is 0.302. The number of hydrogen-bond acceptors (Lipinski definition) is 4. The van der Waals surface area contributed by atoms with Crippen LogP contribution in [0.2, 0.25) is 0 Å². The molecule has 0 N–H and O–H groups in total. The Kier molecular flexibility index (Phi) is 4.82. The molecule has 0 aliphatic carbocycles. The van der Waals surface area contributed by atoms with Crippen molar-refractivity contribution in [2.24, 2.45) is 5.92 Å². The Morgan fingerprint density at radius 1 is 1.50 bits per heavy atom. The van der Waals surface area contributed by atoms with Crippen molar-refractivity contribution in [3.63, 3.8) is 0 Å². The second-order valence-electron chi connectivity index (χ2n) is 4.29. The molecule has 1 rings (SSSR count). The summed E-state index contributed by atoms with van der Waals surface area (Å²) in [6, 6.07) is 4.67. The van der Waals surface area contributed by atoms with Crippen LogP contribution in [0.15, 0.2) is 23.2 Å². The van der Waals surface area contributed by atoms with Crippen LogP contribution in [-0.4, -0.2) is 31.3 Å². The van der Waals surface area contributed by atoms with E-state index in [0.717, 1.165) is 6.42 Å². The highest BCUT2D eigenvalue weighted by molar-refractivity contribution is 7.89. The number of nitrogens with zero attached hydrogens (tertiary/aromatic N) is 3. The van der Waals surface area contributed by atoms with Crippen LogP contribution in [0.3, 0.4) is 0 Å². The SMILES string of the molecule is CCC(C)CN(C)S(=O)(=O)c1ccc(C#N)nc1. The minimum Gasteiger partial charge on any atom is -0.244 e. The summed E-state index contributed by atoms with van der Waals surface area (Å²) in [4.78, 5) is 3.90. The van der Waals surface area contributed by atoms with E-state index in [1.54, 1.807) is 7.05 Å². The molecular weight excluding hydrogens is 250 g/mol. The van der Waals surface area contributed by atoms with Crippen molar-refractivity contribution in [1.29, 1.82) is 5.26 Å². The van der Waals surface area contributed by atoms with Crippen LogP contribution in [-0.2, 0) is 10.0 Å². The van der Waals surface area contributed by atoms with E-state index in [1.165, 1.54) is 22.6 Å². The number of hydrogen-bond donors (Lipinski definition) is 0. The van der Waals surface area contributed by atoms with Gasteiger partial charge in [-0.3, -0.25) is 0 Å². The van der Waals surface area contributed by atoms with Gasteiger partial charge in [0.1, 0.15) is 16.7 Å². The first-order valence-corrected chi connectivity index (χ1v) is 7.18. The molecule has 0 amide bonds. The van der Waals surface area contributed by atoms with Gasteiger partial charge in [-0.15, -0.1) is 0 Å². The van der Waals surface area contributed by atoms with Crippen molar-refractivity contribution >= 4 is 10.0 Å². The summed E-state index contributed by atoms with van der Waals surface area (Å²) in [6.45, 7) is 4.50. The molecule has 5 nitrogen and oxygen atoms in total. The Labute approximate surface area is 108 Å². The number of rotatable bonds is 5.